The van der Waals surface area contributed by atoms with Crippen LogP contribution in [0, 0.1) is 12.8 Å². The maximum absolute atomic E-state index is 12.9. The normalized spacial score (nSPS) is 12.3. The summed E-state index contributed by atoms with van der Waals surface area (Å²) in [7, 11) is 1.77. The zero-order valence-electron chi connectivity index (χ0n) is 17.7. The molecule has 0 saturated carbocycles. The lowest BCUT2D eigenvalue weighted by Crippen LogP contribution is -2.32. The van der Waals surface area contributed by atoms with Crippen molar-refractivity contribution in [1.82, 2.24) is 15.0 Å². The molecule has 0 bridgehead atoms. The number of hydrogen-bond acceptors (Lipinski definition) is 4. The number of aryl methyl sites for hydroxylation is 1. The quantitative estimate of drug-likeness (QED) is 0.546. The van der Waals surface area contributed by atoms with E-state index in [4.69, 9.17) is 0 Å². The summed E-state index contributed by atoms with van der Waals surface area (Å²) in [4.78, 5) is 16.0. The van der Waals surface area contributed by atoms with Crippen molar-refractivity contribution < 1.29 is 9.90 Å². The number of fused-ring (bicyclic) bond motifs is 1. The largest absolute Gasteiger partial charge is 0.506 e. The molecule has 1 unspecified atom stereocenters. The number of nitrogens with zero attached hydrogens (tertiary/aromatic N) is 4. The van der Waals surface area contributed by atoms with Gasteiger partial charge in [0.2, 0.25) is 5.91 Å². The van der Waals surface area contributed by atoms with Gasteiger partial charge < -0.3 is 10.0 Å². The summed E-state index contributed by atoms with van der Waals surface area (Å²) < 4.78 is 0. The number of unbranched alkanes of at least 4 members (excludes halogenated alkanes) is 2. The molecule has 3 aromatic rings. The molecule has 2 aromatic carbocycles. The van der Waals surface area contributed by atoms with Gasteiger partial charge in [0.1, 0.15) is 22.5 Å². The second-order valence-electron chi connectivity index (χ2n) is 7.65. The number of aromatic hydroxyl groups is 1. The van der Waals surface area contributed by atoms with Crippen LogP contribution in [0.15, 0.2) is 36.4 Å². The van der Waals surface area contributed by atoms with Gasteiger partial charge in [-0.25, -0.2) is 0 Å². The van der Waals surface area contributed by atoms with Crippen molar-refractivity contribution >= 4 is 22.6 Å². The van der Waals surface area contributed by atoms with Crippen LogP contribution in [0.5, 0.6) is 5.75 Å². The van der Waals surface area contributed by atoms with Crippen molar-refractivity contribution in [1.29, 1.82) is 0 Å². The minimum Gasteiger partial charge on any atom is -0.506 e. The molecule has 0 saturated heterocycles. The van der Waals surface area contributed by atoms with Crippen LogP contribution in [0.2, 0.25) is 0 Å². The van der Waals surface area contributed by atoms with Crippen molar-refractivity contribution in [3.8, 4) is 11.4 Å². The first kappa shape index (κ1) is 20.8. The van der Waals surface area contributed by atoms with Gasteiger partial charge in [-0.05, 0) is 49.6 Å². The summed E-state index contributed by atoms with van der Waals surface area (Å²) in [5.41, 5.74) is 3.80. The number of carbonyl (C=O) groups excluding carboxylic acids is 1. The zero-order chi connectivity index (χ0) is 21.0. The predicted molar refractivity (Wildman–Crippen MR) is 117 cm³/mol. The number of benzene rings is 2. The van der Waals surface area contributed by atoms with Gasteiger partial charge in [0.15, 0.2) is 0 Å². The average Bonchev–Trinajstić information content (AvgIpc) is 3.13. The molecular formula is C23H30N4O2. The SMILES string of the molecule is CCCCCC(CC)C(=O)N(C)c1ccc(-n2nc3ccc(C)cc3n2)c(O)c1. The van der Waals surface area contributed by atoms with E-state index in [1.54, 1.807) is 24.1 Å². The van der Waals surface area contributed by atoms with Gasteiger partial charge in [-0.2, -0.15) is 0 Å². The summed E-state index contributed by atoms with van der Waals surface area (Å²) in [5.74, 6) is 0.141. The Kier molecular flexibility index (Phi) is 6.52. The van der Waals surface area contributed by atoms with E-state index >= 15 is 0 Å². The molecular weight excluding hydrogens is 364 g/mol. The van der Waals surface area contributed by atoms with E-state index < -0.39 is 0 Å². The van der Waals surface area contributed by atoms with Crippen LogP contribution in [0.4, 0.5) is 5.69 Å². The maximum atomic E-state index is 12.9. The van der Waals surface area contributed by atoms with Crippen LogP contribution < -0.4 is 4.90 Å². The number of carbonyl (C=O) groups is 1. The van der Waals surface area contributed by atoms with E-state index in [1.165, 1.54) is 4.80 Å². The first-order chi connectivity index (χ1) is 13.9. The van der Waals surface area contributed by atoms with Gasteiger partial charge in [0.25, 0.3) is 0 Å². The lowest BCUT2D eigenvalue weighted by atomic mass is 9.97. The van der Waals surface area contributed by atoms with E-state index in [-0.39, 0.29) is 17.6 Å². The second kappa shape index (κ2) is 9.07. The van der Waals surface area contributed by atoms with Crippen molar-refractivity contribution in [2.75, 3.05) is 11.9 Å². The Hall–Kier alpha value is -2.89. The molecule has 29 heavy (non-hydrogen) atoms. The summed E-state index contributed by atoms with van der Waals surface area (Å²) >= 11 is 0. The Balaban J connectivity index is 1.81. The standard InChI is InChI=1S/C23H30N4O2/c1-5-7-8-9-17(6-2)23(29)26(4)18-11-13-21(22(28)15-18)27-24-19-12-10-16(3)14-20(19)25-27/h10-15,17,28H,5-9H2,1-4H3. The van der Waals surface area contributed by atoms with Gasteiger partial charge in [-0.15, -0.1) is 15.0 Å². The third-order valence-electron chi connectivity index (χ3n) is 5.43. The average molecular weight is 395 g/mol. The van der Waals surface area contributed by atoms with Crippen molar-refractivity contribution in [2.24, 2.45) is 5.92 Å². The molecule has 1 atom stereocenters. The number of amides is 1. The van der Waals surface area contributed by atoms with Gasteiger partial charge in [-0.1, -0.05) is 39.2 Å². The summed E-state index contributed by atoms with van der Waals surface area (Å²) in [5, 5.41) is 19.5. The van der Waals surface area contributed by atoms with Crippen molar-refractivity contribution in [3.05, 3.63) is 42.0 Å². The molecule has 3 rings (SSSR count). The summed E-state index contributed by atoms with van der Waals surface area (Å²) in [6.07, 6.45) is 5.08. The first-order valence-corrected chi connectivity index (χ1v) is 10.4. The van der Waals surface area contributed by atoms with Gasteiger partial charge in [0, 0.05) is 24.7 Å². The minimum atomic E-state index is 0.00897. The van der Waals surface area contributed by atoms with E-state index in [9.17, 15) is 9.90 Å². The van der Waals surface area contributed by atoms with E-state index in [1.807, 2.05) is 31.2 Å². The van der Waals surface area contributed by atoms with Crippen LogP contribution in [0.25, 0.3) is 16.7 Å². The Morgan fingerprint density at radius 3 is 2.55 bits per heavy atom. The van der Waals surface area contributed by atoms with E-state index in [0.717, 1.165) is 48.7 Å². The van der Waals surface area contributed by atoms with Crippen LogP contribution in [0.1, 0.15) is 51.5 Å². The van der Waals surface area contributed by atoms with Crippen LogP contribution in [-0.2, 0) is 4.79 Å². The zero-order valence-corrected chi connectivity index (χ0v) is 17.7. The lowest BCUT2D eigenvalue weighted by Gasteiger charge is -2.23. The Labute approximate surface area is 172 Å². The van der Waals surface area contributed by atoms with Gasteiger partial charge in [0.05, 0.1) is 0 Å². The van der Waals surface area contributed by atoms with Crippen LogP contribution in [0.3, 0.4) is 0 Å². The highest BCUT2D eigenvalue weighted by atomic mass is 16.3. The number of phenols is 1. The molecule has 154 valence electrons. The van der Waals surface area contributed by atoms with Gasteiger partial charge >= 0.3 is 0 Å². The second-order valence-corrected chi connectivity index (χ2v) is 7.65. The molecule has 0 fully saturated rings. The summed E-state index contributed by atoms with van der Waals surface area (Å²) in [6, 6.07) is 11.0. The third kappa shape index (κ3) is 4.58. The number of rotatable bonds is 8. The molecule has 6 heteroatoms. The molecule has 0 spiro atoms. The Bertz CT molecular complexity index is 996. The Morgan fingerprint density at radius 2 is 1.86 bits per heavy atom. The Morgan fingerprint density at radius 1 is 1.10 bits per heavy atom. The highest BCUT2D eigenvalue weighted by molar-refractivity contribution is 5.94. The highest BCUT2D eigenvalue weighted by Crippen LogP contribution is 2.29. The van der Waals surface area contributed by atoms with E-state index in [0.29, 0.717) is 11.4 Å². The molecule has 1 heterocycles. The molecule has 1 aromatic heterocycles. The predicted octanol–water partition coefficient (Wildman–Crippen LogP) is 5.00. The molecule has 6 nitrogen and oxygen atoms in total. The number of aromatic nitrogens is 3. The lowest BCUT2D eigenvalue weighted by molar-refractivity contribution is -0.122. The fourth-order valence-corrected chi connectivity index (χ4v) is 3.57. The minimum absolute atomic E-state index is 0.00897. The molecule has 1 amide bonds. The van der Waals surface area contributed by atoms with Crippen LogP contribution >= 0.6 is 0 Å². The fourth-order valence-electron chi connectivity index (χ4n) is 3.57. The molecule has 0 radical (unpaired) electrons. The molecule has 0 aliphatic heterocycles. The summed E-state index contributed by atoms with van der Waals surface area (Å²) in [6.45, 7) is 6.22. The number of hydrogen-bond donors (Lipinski definition) is 1. The van der Waals surface area contributed by atoms with E-state index in [2.05, 4.69) is 24.0 Å². The number of anilines is 1. The topological polar surface area (TPSA) is 71.2 Å². The third-order valence-corrected chi connectivity index (χ3v) is 5.43. The molecule has 0 aliphatic rings. The van der Waals surface area contributed by atoms with Gasteiger partial charge in [-0.3, -0.25) is 4.79 Å². The monoisotopic (exact) mass is 394 g/mol. The number of phenolic OH excluding ortho intramolecular Hbond substituents is 1. The fraction of sp³-hybridized carbons (Fsp3) is 0.435. The highest BCUT2D eigenvalue weighted by Gasteiger charge is 2.22. The van der Waals surface area contributed by atoms with Crippen LogP contribution in [-0.4, -0.2) is 33.1 Å². The molecule has 0 aliphatic carbocycles. The maximum Gasteiger partial charge on any atom is 0.229 e. The first-order valence-electron chi connectivity index (χ1n) is 10.4. The van der Waals surface area contributed by atoms with Crippen molar-refractivity contribution in [3.63, 3.8) is 0 Å². The van der Waals surface area contributed by atoms with Crippen molar-refractivity contribution in [2.45, 2.75) is 52.9 Å². The smallest absolute Gasteiger partial charge is 0.229 e. The molecule has 1 N–H and O–H groups in total.